The van der Waals surface area contributed by atoms with Crippen molar-refractivity contribution >= 4 is 34.2 Å². The minimum atomic E-state index is -0.465. The van der Waals surface area contributed by atoms with Crippen LogP contribution in [0, 0.1) is 0 Å². The van der Waals surface area contributed by atoms with Crippen molar-refractivity contribution in [2.45, 2.75) is 6.54 Å². The molecule has 0 fully saturated rings. The number of ether oxygens (including phenoxy) is 3. The van der Waals surface area contributed by atoms with Crippen LogP contribution in [-0.2, 0) is 6.54 Å². The molecule has 3 aromatic rings. The van der Waals surface area contributed by atoms with Gasteiger partial charge in [0.05, 0.1) is 39.0 Å². The zero-order valence-electron chi connectivity index (χ0n) is 17.4. The number of fused-ring (bicyclic) bond motifs is 1. The van der Waals surface area contributed by atoms with Crippen LogP contribution in [0.5, 0.6) is 17.2 Å². The number of benzene rings is 2. The molecule has 0 saturated carbocycles. The summed E-state index contributed by atoms with van der Waals surface area (Å²) < 4.78 is 15.8. The number of carbonyl (C=O) groups is 3. The van der Waals surface area contributed by atoms with Crippen molar-refractivity contribution in [1.82, 2.24) is 15.1 Å². The third-order valence-electron chi connectivity index (χ3n) is 4.79. The number of rotatable bonds is 7. The van der Waals surface area contributed by atoms with Crippen LogP contribution in [-0.4, -0.2) is 54.1 Å². The summed E-state index contributed by atoms with van der Waals surface area (Å²) in [6.07, 6.45) is 0. The maximum absolute atomic E-state index is 12.7. The van der Waals surface area contributed by atoms with E-state index in [2.05, 4.69) is 15.5 Å². The van der Waals surface area contributed by atoms with E-state index in [9.17, 15) is 14.4 Å². The first kappa shape index (κ1) is 21.2. The van der Waals surface area contributed by atoms with Crippen molar-refractivity contribution in [3.8, 4) is 17.2 Å². The van der Waals surface area contributed by atoms with E-state index in [1.165, 1.54) is 33.5 Å². The Morgan fingerprint density at radius 1 is 0.969 bits per heavy atom. The van der Waals surface area contributed by atoms with Gasteiger partial charge in [0.2, 0.25) is 10.9 Å². The average molecular weight is 454 g/mol. The van der Waals surface area contributed by atoms with E-state index in [0.717, 1.165) is 16.2 Å². The molecule has 32 heavy (non-hydrogen) atoms. The van der Waals surface area contributed by atoms with Gasteiger partial charge in [0.15, 0.2) is 11.5 Å². The first-order valence-electron chi connectivity index (χ1n) is 9.35. The second kappa shape index (κ2) is 8.63. The summed E-state index contributed by atoms with van der Waals surface area (Å²) in [6, 6.07) is 9.65. The van der Waals surface area contributed by atoms with E-state index in [1.54, 1.807) is 24.3 Å². The molecular formula is C21H18N4O6S. The fourth-order valence-electron chi connectivity index (χ4n) is 3.27. The first-order valence-corrected chi connectivity index (χ1v) is 10.2. The predicted octanol–water partition coefficient (Wildman–Crippen LogP) is 2.61. The van der Waals surface area contributed by atoms with Crippen LogP contribution in [0.25, 0.3) is 0 Å². The molecule has 0 unspecified atom stereocenters. The molecule has 1 aromatic heterocycles. The SMILES string of the molecule is COc1cc(C(=O)Nc2nnc(CN3C(=O)c4ccccc4C3=O)s2)cc(OC)c1OC. The monoisotopic (exact) mass is 454 g/mol. The standard InChI is InChI=1S/C21H18N4O6S/c1-29-14-8-11(9-15(30-2)17(14)31-3)18(26)22-21-24-23-16(32-21)10-25-19(27)12-6-4-5-7-13(12)20(25)28/h4-9H,10H2,1-3H3,(H,22,24,26). The van der Waals surface area contributed by atoms with Gasteiger partial charge in [0.25, 0.3) is 17.7 Å². The number of anilines is 1. The third kappa shape index (κ3) is 3.73. The Balaban J connectivity index is 1.49. The summed E-state index contributed by atoms with van der Waals surface area (Å²) in [5.41, 5.74) is 0.979. The van der Waals surface area contributed by atoms with Crippen molar-refractivity contribution in [2.24, 2.45) is 0 Å². The molecule has 11 heteroatoms. The summed E-state index contributed by atoms with van der Waals surface area (Å²) in [7, 11) is 4.38. The number of aromatic nitrogens is 2. The summed E-state index contributed by atoms with van der Waals surface area (Å²) in [6.45, 7) is -0.0376. The van der Waals surface area contributed by atoms with Gasteiger partial charge in [0, 0.05) is 5.56 Å². The van der Waals surface area contributed by atoms with Gasteiger partial charge in [-0.1, -0.05) is 23.5 Å². The second-order valence-electron chi connectivity index (χ2n) is 6.61. The number of nitrogens with one attached hydrogen (secondary N) is 1. The second-order valence-corrected chi connectivity index (χ2v) is 7.67. The highest BCUT2D eigenvalue weighted by atomic mass is 32.1. The Morgan fingerprint density at radius 2 is 1.56 bits per heavy atom. The first-order chi connectivity index (χ1) is 15.5. The van der Waals surface area contributed by atoms with Gasteiger partial charge in [0.1, 0.15) is 5.01 Å². The third-order valence-corrected chi connectivity index (χ3v) is 5.61. The van der Waals surface area contributed by atoms with E-state index in [4.69, 9.17) is 14.2 Å². The fourth-order valence-corrected chi connectivity index (χ4v) is 3.99. The highest BCUT2D eigenvalue weighted by Gasteiger charge is 2.35. The van der Waals surface area contributed by atoms with Crippen LogP contribution >= 0.6 is 11.3 Å². The maximum atomic E-state index is 12.7. The molecule has 0 saturated heterocycles. The molecule has 1 N–H and O–H groups in total. The van der Waals surface area contributed by atoms with E-state index in [-0.39, 0.29) is 29.1 Å². The van der Waals surface area contributed by atoms with Crippen molar-refractivity contribution in [2.75, 3.05) is 26.6 Å². The van der Waals surface area contributed by atoms with E-state index in [0.29, 0.717) is 33.4 Å². The Bertz CT molecular complexity index is 1160. The summed E-state index contributed by atoms with van der Waals surface area (Å²) in [5, 5.41) is 11.2. The number of hydrogen-bond donors (Lipinski definition) is 1. The molecule has 3 amide bonds. The van der Waals surface area contributed by atoms with E-state index in [1.807, 2.05) is 0 Å². The molecule has 0 atom stereocenters. The molecule has 2 heterocycles. The molecule has 0 radical (unpaired) electrons. The Labute approximate surface area is 186 Å². The van der Waals surface area contributed by atoms with Gasteiger partial charge in [-0.25, -0.2) is 0 Å². The molecule has 0 bridgehead atoms. The number of imide groups is 1. The predicted molar refractivity (Wildman–Crippen MR) is 115 cm³/mol. The number of carbonyl (C=O) groups excluding carboxylic acids is 3. The van der Waals surface area contributed by atoms with Gasteiger partial charge in [-0.15, -0.1) is 10.2 Å². The van der Waals surface area contributed by atoms with Gasteiger partial charge in [-0.05, 0) is 24.3 Å². The Morgan fingerprint density at radius 3 is 2.09 bits per heavy atom. The van der Waals surface area contributed by atoms with E-state index < -0.39 is 5.91 Å². The lowest BCUT2D eigenvalue weighted by atomic mass is 10.1. The topological polar surface area (TPSA) is 120 Å². The summed E-state index contributed by atoms with van der Waals surface area (Å²) >= 11 is 1.07. The number of nitrogens with zero attached hydrogens (tertiary/aromatic N) is 3. The molecule has 1 aliphatic rings. The van der Waals surface area contributed by atoms with Gasteiger partial charge in [-0.2, -0.15) is 0 Å². The van der Waals surface area contributed by atoms with Crippen molar-refractivity contribution < 1.29 is 28.6 Å². The van der Waals surface area contributed by atoms with Gasteiger partial charge in [-0.3, -0.25) is 24.6 Å². The lowest BCUT2D eigenvalue weighted by molar-refractivity contribution is 0.0641. The van der Waals surface area contributed by atoms with Crippen LogP contribution < -0.4 is 19.5 Å². The van der Waals surface area contributed by atoms with E-state index >= 15 is 0 Å². The normalized spacial score (nSPS) is 12.5. The van der Waals surface area contributed by atoms with Crippen LogP contribution in [0.2, 0.25) is 0 Å². The van der Waals surface area contributed by atoms with Crippen molar-refractivity contribution in [3.05, 3.63) is 58.1 Å². The van der Waals surface area contributed by atoms with Crippen LogP contribution in [0.4, 0.5) is 5.13 Å². The summed E-state index contributed by atoms with van der Waals surface area (Å²) in [4.78, 5) is 38.8. The smallest absolute Gasteiger partial charge is 0.261 e. The molecule has 1 aliphatic heterocycles. The van der Waals surface area contributed by atoms with Crippen molar-refractivity contribution in [3.63, 3.8) is 0 Å². The number of hydrogen-bond acceptors (Lipinski definition) is 9. The van der Waals surface area contributed by atoms with Crippen LogP contribution in [0.1, 0.15) is 36.1 Å². The molecule has 10 nitrogen and oxygen atoms in total. The lowest BCUT2D eigenvalue weighted by Crippen LogP contribution is -2.29. The Kier molecular flexibility index (Phi) is 5.73. The number of methoxy groups -OCH3 is 3. The van der Waals surface area contributed by atoms with Gasteiger partial charge < -0.3 is 14.2 Å². The molecule has 2 aromatic carbocycles. The molecular weight excluding hydrogens is 436 g/mol. The molecule has 4 rings (SSSR count). The summed E-state index contributed by atoms with van der Waals surface area (Å²) in [5.74, 6) is -0.202. The molecule has 0 aliphatic carbocycles. The van der Waals surface area contributed by atoms with Crippen LogP contribution in [0.3, 0.4) is 0 Å². The molecule has 164 valence electrons. The average Bonchev–Trinajstić information content (AvgIpc) is 3.36. The van der Waals surface area contributed by atoms with Crippen molar-refractivity contribution in [1.29, 1.82) is 0 Å². The lowest BCUT2D eigenvalue weighted by Gasteiger charge is -2.13. The highest BCUT2D eigenvalue weighted by molar-refractivity contribution is 7.15. The minimum absolute atomic E-state index is 0.0376. The molecule has 0 spiro atoms. The van der Waals surface area contributed by atoms with Crippen LogP contribution in [0.15, 0.2) is 36.4 Å². The zero-order valence-corrected chi connectivity index (χ0v) is 18.2. The highest BCUT2D eigenvalue weighted by Crippen LogP contribution is 2.38. The quantitative estimate of drug-likeness (QED) is 0.541. The minimum Gasteiger partial charge on any atom is -0.493 e. The van der Waals surface area contributed by atoms with Gasteiger partial charge >= 0.3 is 0 Å². The fraction of sp³-hybridized carbons (Fsp3) is 0.190. The largest absolute Gasteiger partial charge is 0.493 e. The Hall–Kier alpha value is -3.99. The maximum Gasteiger partial charge on any atom is 0.261 e. The zero-order chi connectivity index (χ0) is 22.8. The number of amides is 3.